The maximum absolute atomic E-state index is 10.2. The predicted octanol–water partition coefficient (Wildman–Crippen LogP) is 3.25. The average molecular weight is 431 g/mol. The molecule has 0 radical (unpaired) electrons. The molecule has 1 fully saturated rings. The molecule has 0 bridgehead atoms. The molecule has 8 nitrogen and oxygen atoms in total. The van der Waals surface area contributed by atoms with Crippen LogP contribution >= 0.6 is 0 Å². The summed E-state index contributed by atoms with van der Waals surface area (Å²) in [5.74, 6) is 0.669. The summed E-state index contributed by atoms with van der Waals surface area (Å²) in [7, 11) is 1.90. The number of nitrogens with zero attached hydrogens (tertiary/aromatic N) is 6. The van der Waals surface area contributed by atoms with E-state index in [2.05, 4.69) is 32.3 Å². The first-order valence-electron chi connectivity index (χ1n) is 10.8. The molecule has 32 heavy (non-hydrogen) atoms. The molecule has 0 spiro atoms. The van der Waals surface area contributed by atoms with E-state index in [1.165, 1.54) is 0 Å². The normalized spacial score (nSPS) is 21.0. The maximum atomic E-state index is 10.2. The topological polar surface area (TPSA) is 102 Å². The van der Waals surface area contributed by atoms with Crippen LogP contribution in [0.1, 0.15) is 31.7 Å². The van der Waals surface area contributed by atoms with Crippen molar-refractivity contribution in [3.8, 4) is 33.6 Å². The molecule has 2 N–H and O–H groups in total. The van der Waals surface area contributed by atoms with Gasteiger partial charge in [0.2, 0.25) is 0 Å². The molecule has 3 aromatic heterocycles. The zero-order valence-electron chi connectivity index (χ0n) is 18.0. The molecule has 3 heterocycles. The Labute approximate surface area is 186 Å². The summed E-state index contributed by atoms with van der Waals surface area (Å²) in [5.41, 5.74) is 4.01. The van der Waals surface area contributed by atoms with Gasteiger partial charge in [0.15, 0.2) is 5.82 Å². The number of hydrogen-bond acceptors (Lipinski definition) is 6. The fraction of sp³-hybridized carbons (Fsp3) is 0.333. The summed E-state index contributed by atoms with van der Waals surface area (Å²) in [6.07, 6.45) is 14.1. The minimum Gasteiger partial charge on any atom is -0.393 e. The summed E-state index contributed by atoms with van der Waals surface area (Å²) in [6, 6.07) is 8.35. The third kappa shape index (κ3) is 4.06. The van der Waals surface area contributed by atoms with E-state index < -0.39 is 5.60 Å². The van der Waals surface area contributed by atoms with E-state index in [-0.39, 0.29) is 12.6 Å². The molecule has 0 unspecified atom stereocenters. The van der Waals surface area contributed by atoms with Gasteiger partial charge in [-0.05, 0) is 37.3 Å². The van der Waals surface area contributed by atoms with Gasteiger partial charge in [-0.1, -0.05) is 18.2 Å². The van der Waals surface area contributed by atoms with Gasteiger partial charge in [-0.25, -0.2) is 9.97 Å². The second-order valence-electron chi connectivity index (χ2n) is 8.60. The van der Waals surface area contributed by atoms with Crippen LogP contribution in [0.25, 0.3) is 33.6 Å². The van der Waals surface area contributed by atoms with Gasteiger partial charge in [-0.3, -0.25) is 9.36 Å². The molecule has 164 valence electrons. The molecule has 1 aliphatic carbocycles. The van der Waals surface area contributed by atoms with Crippen molar-refractivity contribution in [2.24, 2.45) is 7.05 Å². The van der Waals surface area contributed by atoms with Gasteiger partial charge >= 0.3 is 0 Å². The first kappa shape index (κ1) is 20.5. The van der Waals surface area contributed by atoms with Crippen LogP contribution < -0.4 is 0 Å². The van der Waals surface area contributed by atoms with Gasteiger partial charge in [0, 0.05) is 54.1 Å². The fourth-order valence-electron chi connectivity index (χ4n) is 4.28. The highest BCUT2D eigenvalue weighted by Gasteiger charge is 2.33. The van der Waals surface area contributed by atoms with Crippen molar-refractivity contribution in [2.75, 3.05) is 6.61 Å². The van der Waals surface area contributed by atoms with E-state index in [0.717, 1.165) is 40.7 Å². The highest BCUT2D eigenvalue weighted by molar-refractivity contribution is 5.70. The predicted molar refractivity (Wildman–Crippen MR) is 120 cm³/mol. The van der Waals surface area contributed by atoms with Crippen molar-refractivity contribution in [1.29, 1.82) is 0 Å². The Bertz CT molecular complexity index is 1210. The zero-order valence-corrected chi connectivity index (χ0v) is 18.0. The second-order valence-corrected chi connectivity index (χ2v) is 8.60. The zero-order chi connectivity index (χ0) is 22.1. The number of hydrogen-bond donors (Lipinski definition) is 2. The molecule has 0 aliphatic heterocycles. The molecule has 1 aromatic carbocycles. The smallest absolute Gasteiger partial charge is 0.159 e. The van der Waals surface area contributed by atoms with E-state index in [9.17, 15) is 10.2 Å². The molecule has 5 rings (SSSR count). The molecule has 8 heteroatoms. The Morgan fingerprint density at radius 3 is 2.28 bits per heavy atom. The van der Waals surface area contributed by atoms with Gasteiger partial charge < -0.3 is 10.2 Å². The lowest BCUT2D eigenvalue weighted by atomic mass is 9.83. The van der Waals surface area contributed by atoms with Crippen LogP contribution in [0.15, 0.2) is 61.4 Å². The van der Waals surface area contributed by atoms with Gasteiger partial charge in [0.25, 0.3) is 0 Å². The largest absolute Gasteiger partial charge is 0.393 e. The van der Waals surface area contributed by atoms with E-state index in [0.29, 0.717) is 18.7 Å². The van der Waals surface area contributed by atoms with E-state index in [1.807, 2.05) is 61.0 Å². The lowest BCUT2D eigenvalue weighted by molar-refractivity contribution is -0.0510. The van der Waals surface area contributed by atoms with Crippen molar-refractivity contribution in [1.82, 2.24) is 29.5 Å². The molecule has 0 amide bonds. The van der Waals surface area contributed by atoms with Crippen LogP contribution in [0.5, 0.6) is 0 Å². The van der Waals surface area contributed by atoms with Crippen LogP contribution in [0.4, 0.5) is 0 Å². The standard InChI is InChI=1S/C24H26N6O2/c1-29-14-20(12-27-29)17-3-2-4-18(9-17)23-25-10-19(11-26-23)21-13-28-30(15-21)22-5-7-24(32,16-31)8-6-22/h2-4,9-15,22,31-32H,5-8,16H2,1H3/t22-,24+. The summed E-state index contributed by atoms with van der Waals surface area (Å²) in [5, 5.41) is 28.3. The summed E-state index contributed by atoms with van der Waals surface area (Å²) < 4.78 is 3.74. The van der Waals surface area contributed by atoms with E-state index in [4.69, 9.17) is 0 Å². The second kappa shape index (κ2) is 8.29. The number of aliphatic hydroxyl groups excluding tert-OH is 1. The van der Waals surface area contributed by atoms with Crippen LogP contribution in [0.2, 0.25) is 0 Å². The van der Waals surface area contributed by atoms with Crippen molar-refractivity contribution in [3.63, 3.8) is 0 Å². The quantitative estimate of drug-likeness (QED) is 0.504. The van der Waals surface area contributed by atoms with Gasteiger partial charge in [-0.2, -0.15) is 10.2 Å². The molecule has 0 atom stereocenters. The third-order valence-electron chi connectivity index (χ3n) is 6.30. The lowest BCUT2D eigenvalue weighted by Crippen LogP contribution is -2.38. The number of aliphatic hydroxyl groups is 2. The number of rotatable bonds is 5. The Hall–Kier alpha value is -3.36. The van der Waals surface area contributed by atoms with E-state index >= 15 is 0 Å². The maximum Gasteiger partial charge on any atom is 0.159 e. The Balaban J connectivity index is 1.32. The molecule has 1 aliphatic rings. The number of aryl methyl sites for hydroxylation is 1. The fourth-order valence-corrected chi connectivity index (χ4v) is 4.28. The van der Waals surface area contributed by atoms with Gasteiger partial charge in [-0.15, -0.1) is 0 Å². The Morgan fingerprint density at radius 2 is 1.59 bits per heavy atom. The SMILES string of the molecule is Cn1cc(-c2cccc(-c3ncc(-c4cnn([C@H]5CC[C@](O)(CO)CC5)c4)cn3)c2)cn1. The molecular formula is C24H26N6O2. The molecular weight excluding hydrogens is 404 g/mol. The monoisotopic (exact) mass is 430 g/mol. The average Bonchev–Trinajstić information content (AvgIpc) is 3.50. The Morgan fingerprint density at radius 1 is 0.906 bits per heavy atom. The van der Waals surface area contributed by atoms with Crippen LogP contribution in [-0.2, 0) is 7.05 Å². The first-order valence-corrected chi connectivity index (χ1v) is 10.8. The van der Waals surface area contributed by atoms with Crippen LogP contribution in [0.3, 0.4) is 0 Å². The third-order valence-corrected chi connectivity index (χ3v) is 6.30. The summed E-state index contributed by atoms with van der Waals surface area (Å²) in [4.78, 5) is 9.17. The highest BCUT2D eigenvalue weighted by Crippen LogP contribution is 2.35. The first-order chi connectivity index (χ1) is 15.5. The van der Waals surface area contributed by atoms with Crippen molar-refractivity contribution < 1.29 is 10.2 Å². The minimum atomic E-state index is -0.940. The molecule has 1 saturated carbocycles. The number of aromatic nitrogens is 6. The lowest BCUT2D eigenvalue weighted by Gasteiger charge is -2.34. The Kier molecular flexibility index (Phi) is 5.32. The molecule has 0 saturated heterocycles. The molecule has 4 aromatic rings. The van der Waals surface area contributed by atoms with Crippen LogP contribution in [-0.4, -0.2) is 51.9 Å². The van der Waals surface area contributed by atoms with Crippen molar-refractivity contribution >= 4 is 0 Å². The van der Waals surface area contributed by atoms with Gasteiger partial charge in [0.05, 0.1) is 30.6 Å². The van der Waals surface area contributed by atoms with Crippen LogP contribution in [0, 0.1) is 0 Å². The van der Waals surface area contributed by atoms with E-state index in [1.54, 1.807) is 4.68 Å². The van der Waals surface area contributed by atoms with Gasteiger partial charge in [0.1, 0.15) is 0 Å². The summed E-state index contributed by atoms with van der Waals surface area (Å²) in [6.45, 7) is -0.182. The van der Waals surface area contributed by atoms with Crippen molar-refractivity contribution in [3.05, 3.63) is 61.4 Å². The van der Waals surface area contributed by atoms with Crippen molar-refractivity contribution in [2.45, 2.75) is 37.3 Å². The highest BCUT2D eigenvalue weighted by atomic mass is 16.3. The minimum absolute atomic E-state index is 0.182. The summed E-state index contributed by atoms with van der Waals surface area (Å²) >= 11 is 0. The number of benzene rings is 1.